The molecule has 0 spiro atoms. The van der Waals surface area contributed by atoms with Crippen LogP contribution in [-0.4, -0.2) is 35.2 Å². The van der Waals surface area contributed by atoms with Gasteiger partial charge in [-0.05, 0) is 53.7 Å². The molecule has 7 nitrogen and oxygen atoms in total. The zero-order valence-electron chi connectivity index (χ0n) is 17.8. The fraction of sp³-hybridized carbons (Fsp3) is 0.524. The summed E-state index contributed by atoms with van der Waals surface area (Å²) in [7, 11) is 1.55. The number of nitrogens with zero attached hydrogens (tertiary/aromatic N) is 3. The van der Waals surface area contributed by atoms with Crippen molar-refractivity contribution in [2.75, 3.05) is 7.11 Å². The minimum absolute atomic E-state index is 0.0484. The first-order valence-electron chi connectivity index (χ1n) is 9.55. The molecule has 1 saturated carbocycles. The van der Waals surface area contributed by atoms with Crippen molar-refractivity contribution in [1.82, 2.24) is 20.6 Å². The van der Waals surface area contributed by atoms with Gasteiger partial charge < -0.3 is 15.4 Å². The van der Waals surface area contributed by atoms with E-state index in [0.717, 1.165) is 29.6 Å². The predicted molar refractivity (Wildman–Crippen MR) is 111 cm³/mol. The van der Waals surface area contributed by atoms with Gasteiger partial charge in [-0.15, -0.1) is 0 Å². The maximum atomic E-state index is 13.1. The van der Waals surface area contributed by atoms with Gasteiger partial charge >= 0.3 is 0 Å². The Balaban J connectivity index is 2.26. The van der Waals surface area contributed by atoms with Crippen LogP contribution in [0.2, 0.25) is 0 Å². The van der Waals surface area contributed by atoms with Crippen LogP contribution >= 0.6 is 0 Å². The Morgan fingerprint density at radius 1 is 1.39 bits per heavy atom. The van der Waals surface area contributed by atoms with E-state index >= 15 is 0 Å². The molecule has 1 amide bonds. The number of hydrogen-bond acceptors (Lipinski definition) is 6. The van der Waals surface area contributed by atoms with Crippen LogP contribution in [0.3, 0.4) is 0 Å². The maximum absolute atomic E-state index is 13.1. The number of amides is 1. The Morgan fingerprint density at radius 3 is 2.57 bits per heavy atom. The van der Waals surface area contributed by atoms with Gasteiger partial charge in [0.05, 0.1) is 12.7 Å². The van der Waals surface area contributed by atoms with Gasteiger partial charge in [-0.25, -0.2) is 9.98 Å². The number of aryl methyl sites for hydroxylation is 1. The molecule has 0 aromatic carbocycles. The standard InChI is InChI=1S/C21H31N5O2/c1-8-16(18(22-6)26-21(5)9-10-21)17(13(2)3)19(27)24-12-15-11-23-14(4)25-20(15)28-7/h11,26H,6,8-10,12H2,1-5,7H3,(H,24,27)/b18-16-. The Morgan fingerprint density at radius 2 is 2.07 bits per heavy atom. The molecule has 28 heavy (non-hydrogen) atoms. The topological polar surface area (TPSA) is 88.5 Å². The maximum Gasteiger partial charge on any atom is 0.251 e. The number of aliphatic imine (C=N–C) groups is 1. The van der Waals surface area contributed by atoms with Crippen LogP contribution in [0.25, 0.3) is 0 Å². The van der Waals surface area contributed by atoms with Gasteiger partial charge in [0.15, 0.2) is 0 Å². The van der Waals surface area contributed by atoms with Crippen LogP contribution < -0.4 is 15.4 Å². The highest BCUT2D eigenvalue weighted by Gasteiger charge is 2.38. The van der Waals surface area contributed by atoms with Crippen molar-refractivity contribution >= 4 is 12.6 Å². The molecule has 0 saturated heterocycles. The molecule has 1 fully saturated rings. The van der Waals surface area contributed by atoms with Crippen LogP contribution in [0.4, 0.5) is 0 Å². The number of aromatic nitrogens is 2. The smallest absolute Gasteiger partial charge is 0.251 e. The summed E-state index contributed by atoms with van der Waals surface area (Å²) in [5.41, 5.74) is 3.20. The van der Waals surface area contributed by atoms with E-state index in [9.17, 15) is 4.79 Å². The normalized spacial score (nSPS) is 15.2. The van der Waals surface area contributed by atoms with Crippen LogP contribution in [-0.2, 0) is 11.3 Å². The lowest BCUT2D eigenvalue weighted by atomic mass is 9.97. The number of methoxy groups -OCH3 is 1. The Kier molecular flexibility index (Phi) is 6.94. The van der Waals surface area contributed by atoms with Gasteiger partial charge in [0, 0.05) is 29.4 Å². The summed E-state index contributed by atoms with van der Waals surface area (Å²) in [6, 6.07) is 0. The van der Waals surface area contributed by atoms with Crippen molar-refractivity contribution in [1.29, 1.82) is 0 Å². The van der Waals surface area contributed by atoms with E-state index in [4.69, 9.17) is 4.74 Å². The quantitative estimate of drug-likeness (QED) is 0.387. The Labute approximate surface area is 167 Å². The van der Waals surface area contributed by atoms with Crippen LogP contribution in [0.5, 0.6) is 5.88 Å². The highest BCUT2D eigenvalue weighted by molar-refractivity contribution is 5.98. The Bertz CT molecular complexity index is 818. The lowest BCUT2D eigenvalue weighted by molar-refractivity contribution is -0.117. The summed E-state index contributed by atoms with van der Waals surface area (Å²) in [6.45, 7) is 13.8. The largest absolute Gasteiger partial charge is 0.481 e. The number of hydrogen-bond donors (Lipinski definition) is 2. The van der Waals surface area contributed by atoms with Gasteiger partial charge in [0.1, 0.15) is 11.6 Å². The first kappa shape index (κ1) is 21.6. The van der Waals surface area contributed by atoms with Gasteiger partial charge in [0.2, 0.25) is 5.88 Å². The van der Waals surface area contributed by atoms with Crippen molar-refractivity contribution in [3.63, 3.8) is 0 Å². The van der Waals surface area contributed by atoms with E-state index in [1.165, 1.54) is 0 Å². The molecule has 1 aromatic heterocycles. The third kappa shape index (κ3) is 5.18. The molecule has 152 valence electrons. The molecular formula is C21H31N5O2. The summed E-state index contributed by atoms with van der Waals surface area (Å²) < 4.78 is 5.30. The van der Waals surface area contributed by atoms with Crippen molar-refractivity contribution in [3.8, 4) is 5.88 Å². The van der Waals surface area contributed by atoms with Gasteiger partial charge in [0.25, 0.3) is 5.91 Å². The number of nitrogens with one attached hydrogen (secondary N) is 2. The second-order valence-corrected chi connectivity index (χ2v) is 7.53. The molecule has 0 aliphatic heterocycles. The molecular weight excluding hydrogens is 354 g/mol. The van der Waals surface area contributed by atoms with Crippen molar-refractivity contribution in [2.24, 2.45) is 4.99 Å². The molecule has 2 N–H and O–H groups in total. The SMILES string of the molecule is C=N/C(NC1(C)CC1)=C(\CC)C(C(=O)NCc1cnc(C)nc1OC)=C(C)C. The summed E-state index contributed by atoms with van der Waals surface area (Å²) in [5, 5.41) is 6.42. The summed E-state index contributed by atoms with van der Waals surface area (Å²) in [6.07, 6.45) is 4.52. The fourth-order valence-electron chi connectivity index (χ4n) is 2.97. The molecule has 1 aliphatic rings. The molecule has 7 heteroatoms. The summed E-state index contributed by atoms with van der Waals surface area (Å²) in [4.78, 5) is 25.7. The highest BCUT2D eigenvalue weighted by atomic mass is 16.5. The monoisotopic (exact) mass is 385 g/mol. The molecule has 1 heterocycles. The predicted octanol–water partition coefficient (Wildman–Crippen LogP) is 3.21. The van der Waals surface area contributed by atoms with E-state index in [2.05, 4.69) is 39.2 Å². The molecule has 0 atom stereocenters. The van der Waals surface area contributed by atoms with E-state index < -0.39 is 0 Å². The van der Waals surface area contributed by atoms with E-state index in [1.807, 2.05) is 20.8 Å². The zero-order chi connectivity index (χ0) is 20.9. The summed E-state index contributed by atoms with van der Waals surface area (Å²) >= 11 is 0. The van der Waals surface area contributed by atoms with E-state index in [-0.39, 0.29) is 18.0 Å². The molecule has 1 aliphatic carbocycles. The third-order valence-corrected chi connectivity index (χ3v) is 4.82. The van der Waals surface area contributed by atoms with Crippen LogP contribution in [0.1, 0.15) is 58.3 Å². The van der Waals surface area contributed by atoms with Gasteiger partial charge in [-0.2, -0.15) is 4.98 Å². The van der Waals surface area contributed by atoms with E-state index in [0.29, 0.717) is 29.5 Å². The number of ether oxygens (including phenoxy) is 1. The molecule has 2 rings (SSSR count). The zero-order valence-corrected chi connectivity index (χ0v) is 17.8. The van der Waals surface area contributed by atoms with Crippen LogP contribution in [0.15, 0.2) is 33.7 Å². The number of carbonyl (C=O) groups is 1. The number of allylic oxidation sites excluding steroid dienone is 1. The lowest BCUT2D eigenvalue weighted by Crippen LogP contribution is -2.31. The fourth-order valence-corrected chi connectivity index (χ4v) is 2.97. The number of rotatable bonds is 9. The highest BCUT2D eigenvalue weighted by Crippen LogP contribution is 2.36. The third-order valence-electron chi connectivity index (χ3n) is 4.82. The Hall–Kier alpha value is -2.70. The van der Waals surface area contributed by atoms with Gasteiger partial charge in [-0.3, -0.25) is 4.79 Å². The average molecular weight is 386 g/mol. The van der Waals surface area contributed by atoms with Gasteiger partial charge in [-0.1, -0.05) is 12.5 Å². The van der Waals surface area contributed by atoms with Crippen LogP contribution in [0, 0.1) is 6.92 Å². The minimum Gasteiger partial charge on any atom is -0.481 e. The molecule has 1 aromatic rings. The first-order valence-corrected chi connectivity index (χ1v) is 9.55. The van der Waals surface area contributed by atoms with Crippen molar-refractivity contribution in [2.45, 2.75) is 66.0 Å². The van der Waals surface area contributed by atoms with Crippen molar-refractivity contribution < 1.29 is 9.53 Å². The number of carbonyl (C=O) groups excluding carboxylic acids is 1. The minimum atomic E-state index is -0.164. The molecule has 0 radical (unpaired) electrons. The lowest BCUT2D eigenvalue weighted by Gasteiger charge is -2.20. The van der Waals surface area contributed by atoms with E-state index in [1.54, 1.807) is 20.2 Å². The second kappa shape index (κ2) is 8.99. The van der Waals surface area contributed by atoms with Crippen molar-refractivity contribution in [3.05, 3.63) is 40.1 Å². The summed E-state index contributed by atoms with van der Waals surface area (Å²) in [5.74, 6) is 1.61. The second-order valence-electron chi connectivity index (χ2n) is 7.53. The first-order chi connectivity index (χ1) is 13.2. The average Bonchev–Trinajstić information content (AvgIpc) is 3.39. The molecule has 0 bridgehead atoms. The molecule has 0 unspecified atom stereocenters.